The maximum atomic E-state index is 12.1. The van der Waals surface area contributed by atoms with E-state index in [9.17, 15) is 4.79 Å². The van der Waals surface area contributed by atoms with Crippen LogP contribution in [0.1, 0.15) is 66.2 Å². The van der Waals surface area contributed by atoms with Crippen LogP contribution in [0.3, 0.4) is 0 Å². The minimum absolute atomic E-state index is 0.168. The Labute approximate surface area is 140 Å². The number of piperidine rings is 1. The summed E-state index contributed by atoms with van der Waals surface area (Å²) in [4.78, 5) is 14.0. The molecule has 1 spiro atoms. The van der Waals surface area contributed by atoms with Crippen molar-refractivity contribution in [3.8, 4) is 0 Å². The van der Waals surface area contributed by atoms with E-state index in [0.717, 1.165) is 38.3 Å². The Hall–Kier alpha value is -0.810. The number of carbonyl (C=O) groups is 1. The average molecular weight is 327 g/mol. The van der Waals surface area contributed by atoms with Crippen LogP contribution in [0.5, 0.6) is 0 Å². The molecule has 134 valence electrons. The van der Waals surface area contributed by atoms with Crippen molar-refractivity contribution < 1.29 is 19.4 Å². The lowest BCUT2D eigenvalue weighted by atomic mass is 9.56. The molecule has 1 saturated heterocycles. The third kappa shape index (κ3) is 5.64. The molecule has 0 aromatic rings. The zero-order chi connectivity index (χ0) is 17.1. The van der Waals surface area contributed by atoms with E-state index in [1.54, 1.807) is 6.92 Å². The van der Waals surface area contributed by atoms with E-state index in [-0.39, 0.29) is 6.09 Å². The Balaban J connectivity index is 1.63. The molecule has 2 fully saturated rings. The van der Waals surface area contributed by atoms with Gasteiger partial charge in [-0.15, -0.1) is 0 Å². The number of hydrogen-bond donors (Lipinski definition) is 1. The fourth-order valence-corrected chi connectivity index (χ4v) is 3.89. The summed E-state index contributed by atoms with van der Waals surface area (Å²) in [6.07, 6.45) is 6.16. The minimum atomic E-state index is -0.653. The van der Waals surface area contributed by atoms with Gasteiger partial charge in [0.2, 0.25) is 0 Å². The van der Waals surface area contributed by atoms with Crippen LogP contribution in [-0.2, 0) is 9.47 Å². The van der Waals surface area contributed by atoms with Gasteiger partial charge in [-0.3, -0.25) is 0 Å². The molecular formula is C18H33NO4. The lowest BCUT2D eigenvalue weighted by Crippen LogP contribution is -2.49. The van der Waals surface area contributed by atoms with Gasteiger partial charge in [-0.1, -0.05) is 0 Å². The first kappa shape index (κ1) is 18.5. The topological polar surface area (TPSA) is 59.0 Å². The van der Waals surface area contributed by atoms with Crippen LogP contribution in [0, 0.1) is 11.3 Å². The largest absolute Gasteiger partial charge is 0.444 e. The van der Waals surface area contributed by atoms with Crippen molar-refractivity contribution in [2.75, 3.05) is 19.7 Å². The smallest absolute Gasteiger partial charge is 0.410 e. The highest BCUT2D eigenvalue weighted by Crippen LogP contribution is 2.54. The van der Waals surface area contributed by atoms with E-state index in [0.29, 0.717) is 12.0 Å². The van der Waals surface area contributed by atoms with Crippen LogP contribution in [0.2, 0.25) is 0 Å². The Bertz CT molecular complexity index is 386. The molecule has 1 atom stereocenters. The van der Waals surface area contributed by atoms with Gasteiger partial charge in [-0.25, -0.2) is 4.79 Å². The molecule has 0 bridgehead atoms. The first-order valence-electron chi connectivity index (χ1n) is 8.97. The number of likely N-dealkylation sites (tertiary alicyclic amines) is 1. The third-order valence-electron chi connectivity index (χ3n) is 5.03. The quantitative estimate of drug-likeness (QED) is 0.620. The number of ether oxygens (including phenoxy) is 2. The van der Waals surface area contributed by atoms with Crippen molar-refractivity contribution in [3.63, 3.8) is 0 Å². The van der Waals surface area contributed by atoms with E-state index < -0.39 is 11.9 Å². The highest BCUT2D eigenvalue weighted by atomic mass is 16.6. The average Bonchev–Trinajstić information content (AvgIpc) is 2.40. The van der Waals surface area contributed by atoms with Crippen LogP contribution < -0.4 is 0 Å². The summed E-state index contributed by atoms with van der Waals surface area (Å²) < 4.78 is 10.6. The third-order valence-corrected chi connectivity index (χ3v) is 5.03. The van der Waals surface area contributed by atoms with E-state index >= 15 is 0 Å². The number of aliphatic hydroxyl groups is 1. The molecule has 5 nitrogen and oxygen atoms in total. The summed E-state index contributed by atoms with van der Waals surface area (Å²) in [5.74, 6) is 0.792. The lowest BCUT2D eigenvalue weighted by Gasteiger charge is -2.52. The second-order valence-corrected chi connectivity index (χ2v) is 8.35. The maximum Gasteiger partial charge on any atom is 0.410 e. The molecule has 1 N–H and O–H groups in total. The van der Waals surface area contributed by atoms with Gasteiger partial charge in [-0.2, -0.15) is 0 Å². The van der Waals surface area contributed by atoms with Crippen molar-refractivity contribution >= 4 is 6.09 Å². The predicted octanol–water partition coefficient (Wildman–Crippen LogP) is 3.55. The molecule has 0 aromatic heterocycles. The van der Waals surface area contributed by atoms with Crippen LogP contribution in [0.15, 0.2) is 0 Å². The van der Waals surface area contributed by atoms with Crippen molar-refractivity contribution in [2.24, 2.45) is 11.3 Å². The van der Waals surface area contributed by atoms with Gasteiger partial charge in [-0.05, 0) is 77.6 Å². The number of hydrogen-bond acceptors (Lipinski definition) is 4. The molecule has 2 rings (SSSR count). The van der Waals surface area contributed by atoms with Crippen molar-refractivity contribution in [1.29, 1.82) is 0 Å². The summed E-state index contributed by atoms with van der Waals surface area (Å²) in [6.45, 7) is 9.68. The Morgan fingerprint density at radius 1 is 1.30 bits per heavy atom. The fourth-order valence-electron chi connectivity index (χ4n) is 3.89. The van der Waals surface area contributed by atoms with Crippen LogP contribution in [-0.4, -0.2) is 47.7 Å². The first-order chi connectivity index (χ1) is 10.7. The van der Waals surface area contributed by atoms with Gasteiger partial charge in [0.05, 0.1) is 0 Å². The van der Waals surface area contributed by atoms with Crippen LogP contribution in [0.4, 0.5) is 4.79 Å². The zero-order valence-corrected chi connectivity index (χ0v) is 15.1. The number of amides is 1. The molecule has 1 unspecified atom stereocenters. The summed E-state index contributed by atoms with van der Waals surface area (Å²) >= 11 is 0. The minimum Gasteiger partial charge on any atom is -0.444 e. The molecule has 1 aliphatic carbocycles. The SMILES string of the molecule is CC(O)OCCCC1CC2(CCN(C(=O)OC(C)(C)C)CC2)C1. The normalized spacial score (nSPS) is 22.7. The zero-order valence-electron chi connectivity index (χ0n) is 15.1. The Kier molecular flexibility index (Phi) is 5.95. The van der Waals surface area contributed by atoms with Gasteiger partial charge in [0.25, 0.3) is 0 Å². The summed E-state index contributed by atoms with van der Waals surface area (Å²) in [5.41, 5.74) is 0.0518. The van der Waals surface area contributed by atoms with Gasteiger partial charge < -0.3 is 19.5 Å². The number of nitrogens with zero attached hydrogens (tertiary/aromatic N) is 1. The van der Waals surface area contributed by atoms with Crippen molar-refractivity contribution in [1.82, 2.24) is 4.90 Å². The summed E-state index contributed by atoms with van der Waals surface area (Å²) in [6, 6.07) is 0. The molecule has 1 heterocycles. The van der Waals surface area contributed by atoms with Crippen molar-refractivity contribution in [3.05, 3.63) is 0 Å². The fraction of sp³-hybridized carbons (Fsp3) is 0.944. The van der Waals surface area contributed by atoms with E-state index in [1.807, 2.05) is 25.7 Å². The molecule has 1 saturated carbocycles. The second-order valence-electron chi connectivity index (χ2n) is 8.35. The summed E-state index contributed by atoms with van der Waals surface area (Å²) in [5, 5.41) is 9.06. The Morgan fingerprint density at radius 3 is 2.43 bits per heavy atom. The molecule has 2 aliphatic rings. The van der Waals surface area contributed by atoms with Gasteiger partial charge >= 0.3 is 6.09 Å². The molecular weight excluding hydrogens is 294 g/mol. The highest BCUT2D eigenvalue weighted by molar-refractivity contribution is 5.68. The first-order valence-corrected chi connectivity index (χ1v) is 8.97. The highest BCUT2D eigenvalue weighted by Gasteiger charge is 2.46. The molecule has 5 heteroatoms. The molecule has 1 aliphatic heterocycles. The molecule has 0 aromatic carbocycles. The summed E-state index contributed by atoms with van der Waals surface area (Å²) in [7, 11) is 0. The van der Waals surface area contributed by atoms with Gasteiger partial charge in [0.15, 0.2) is 6.29 Å². The van der Waals surface area contributed by atoms with E-state index in [4.69, 9.17) is 14.6 Å². The number of aliphatic hydroxyl groups excluding tert-OH is 1. The molecule has 0 radical (unpaired) electrons. The van der Waals surface area contributed by atoms with E-state index in [2.05, 4.69) is 0 Å². The molecule has 23 heavy (non-hydrogen) atoms. The molecule has 1 amide bonds. The van der Waals surface area contributed by atoms with Gasteiger partial charge in [0, 0.05) is 19.7 Å². The second kappa shape index (κ2) is 7.39. The number of carbonyl (C=O) groups excluding carboxylic acids is 1. The van der Waals surface area contributed by atoms with Crippen molar-refractivity contribution in [2.45, 2.75) is 78.1 Å². The maximum absolute atomic E-state index is 12.1. The van der Waals surface area contributed by atoms with E-state index in [1.165, 1.54) is 19.3 Å². The monoisotopic (exact) mass is 327 g/mol. The lowest BCUT2D eigenvalue weighted by molar-refractivity contribution is -0.0894. The number of rotatable bonds is 5. The van der Waals surface area contributed by atoms with Gasteiger partial charge in [0.1, 0.15) is 5.60 Å². The predicted molar refractivity (Wildman–Crippen MR) is 89.1 cm³/mol. The van der Waals surface area contributed by atoms with Crippen LogP contribution in [0.25, 0.3) is 0 Å². The standard InChI is InChI=1S/C18H33NO4/c1-14(20)22-11-5-6-15-12-18(13-15)7-9-19(10-8-18)16(21)23-17(2,3)4/h14-15,20H,5-13H2,1-4H3. The Morgan fingerprint density at radius 2 is 1.91 bits per heavy atom. The van der Waals surface area contributed by atoms with Crippen LogP contribution >= 0.6 is 0 Å².